The molecule has 0 saturated heterocycles. The monoisotopic (exact) mass is 420 g/mol. The molecule has 0 aliphatic carbocycles. The normalized spacial score (nSPS) is 8.70. The first-order valence-corrected chi connectivity index (χ1v) is 13.3. The van der Waals surface area contributed by atoms with Gasteiger partial charge in [0.1, 0.15) is 0 Å². The Morgan fingerprint density at radius 3 is 1.09 bits per heavy atom. The number of hydrogen-bond acceptors (Lipinski definition) is 2. The van der Waals surface area contributed by atoms with E-state index in [0.29, 0.717) is 15.8 Å². The molecule has 0 radical (unpaired) electrons. The zero-order chi connectivity index (χ0) is 17.1. The van der Waals surface area contributed by atoms with Crippen LogP contribution < -0.4 is 0 Å². The van der Waals surface area contributed by atoms with Crippen molar-refractivity contribution in [2.45, 2.75) is 0 Å². The van der Waals surface area contributed by atoms with Crippen molar-refractivity contribution in [3.63, 3.8) is 0 Å². The van der Waals surface area contributed by atoms with Gasteiger partial charge < -0.3 is 55.6 Å². The third-order valence-electron chi connectivity index (χ3n) is 2.19. The molecule has 0 spiro atoms. The molecular weight excluding hydrogens is 390 g/mol. The summed E-state index contributed by atoms with van der Waals surface area (Å²) in [7, 11) is 0.591. The van der Waals surface area contributed by atoms with Gasteiger partial charge in [0.15, 0.2) is 0 Å². The molecule has 0 aliphatic heterocycles. The molecular formula is C18H30P2S2Ti-8. The van der Waals surface area contributed by atoms with Gasteiger partial charge in [-0.2, -0.15) is 29.7 Å². The molecule has 0 fully saturated rings. The zero-order valence-corrected chi connectivity index (χ0v) is 19.8. The van der Waals surface area contributed by atoms with Gasteiger partial charge in [-0.3, -0.25) is 0 Å². The first kappa shape index (κ1) is 28.8. The Morgan fingerprint density at radius 2 is 1.00 bits per heavy atom. The van der Waals surface area contributed by atoms with Crippen LogP contribution in [-0.4, -0.2) is 50.5 Å². The van der Waals surface area contributed by atoms with Crippen LogP contribution in [0.2, 0.25) is 0 Å². The van der Waals surface area contributed by atoms with E-state index in [4.69, 9.17) is 25.3 Å². The first-order chi connectivity index (χ1) is 10.5. The van der Waals surface area contributed by atoms with Crippen LogP contribution >= 0.6 is 15.8 Å². The van der Waals surface area contributed by atoms with Gasteiger partial charge in [-0.15, -0.1) is 15.8 Å². The summed E-state index contributed by atoms with van der Waals surface area (Å²) in [6, 6.07) is 20.0. The standard InChI is InChI=1S/2C5H5.2C4H11PS.Ti/c2*1-2-4-5-3-1;2*1-5(2)3-4-6;/h2*1-5H;2*6H,3-4H2,1-2H3;/q-5;-1;;;/p-2. The van der Waals surface area contributed by atoms with Crippen LogP contribution in [0.1, 0.15) is 0 Å². The van der Waals surface area contributed by atoms with E-state index < -0.39 is 0 Å². The molecule has 2 rings (SSSR count). The Morgan fingerprint density at radius 1 is 0.696 bits per heavy atom. The van der Waals surface area contributed by atoms with E-state index >= 15 is 0 Å². The van der Waals surface area contributed by atoms with E-state index in [1.807, 2.05) is 60.7 Å². The zero-order valence-electron chi connectivity index (χ0n) is 14.8. The Bertz CT molecular complexity index is 278. The summed E-state index contributed by atoms with van der Waals surface area (Å²) in [6.45, 7) is 9.01. The minimum absolute atomic E-state index is 0. The summed E-state index contributed by atoms with van der Waals surface area (Å²) >= 11 is 9.49. The van der Waals surface area contributed by atoms with Gasteiger partial charge in [0.25, 0.3) is 0 Å². The predicted octanol–water partition coefficient (Wildman–Crippen LogP) is 5.36. The van der Waals surface area contributed by atoms with Crippen molar-refractivity contribution in [3.05, 3.63) is 60.7 Å². The summed E-state index contributed by atoms with van der Waals surface area (Å²) in [5.41, 5.74) is 0. The molecule has 5 heteroatoms. The Kier molecular flexibility index (Phi) is 31.5. The molecule has 0 nitrogen and oxygen atoms in total. The van der Waals surface area contributed by atoms with Crippen LogP contribution in [0.5, 0.6) is 0 Å². The van der Waals surface area contributed by atoms with Gasteiger partial charge in [0, 0.05) is 21.7 Å². The van der Waals surface area contributed by atoms with Crippen molar-refractivity contribution in [2.24, 2.45) is 0 Å². The Hall–Kier alpha value is 0.974. The average Bonchev–Trinajstić information content (AvgIpc) is 3.19. The molecule has 0 N–H and O–H groups in total. The topological polar surface area (TPSA) is 0 Å². The second kappa shape index (κ2) is 25.2. The van der Waals surface area contributed by atoms with Crippen molar-refractivity contribution in [1.82, 2.24) is 0 Å². The second-order valence-electron chi connectivity index (χ2n) is 4.94. The van der Waals surface area contributed by atoms with E-state index in [1.165, 1.54) is 12.3 Å². The predicted molar refractivity (Wildman–Crippen MR) is 116 cm³/mol. The quantitative estimate of drug-likeness (QED) is 0.283. The summed E-state index contributed by atoms with van der Waals surface area (Å²) < 4.78 is 0. The van der Waals surface area contributed by atoms with Crippen LogP contribution in [0.15, 0.2) is 60.7 Å². The third kappa shape index (κ3) is 35.1. The van der Waals surface area contributed by atoms with Crippen LogP contribution in [0.3, 0.4) is 0 Å². The fourth-order valence-corrected chi connectivity index (χ4v) is 3.93. The van der Waals surface area contributed by atoms with Crippen LogP contribution in [0.4, 0.5) is 0 Å². The van der Waals surface area contributed by atoms with E-state index in [9.17, 15) is 0 Å². The summed E-state index contributed by atoms with van der Waals surface area (Å²) in [4.78, 5) is 0. The molecule has 0 bridgehead atoms. The number of rotatable bonds is 4. The van der Waals surface area contributed by atoms with Gasteiger partial charge in [-0.1, -0.05) is 12.3 Å². The minimum atomic E-state index is 0. The van der Waals surface area contributed by atoms with Gasteiger partial charge in [0.2, 0.25) is 0 Å². The molecule has 0 aliphatic rings. The average molecular weight is 420 g/mol. The second-order valence-corrected chi connectivity index (χ2v) is 11.0. The molecule has 23 heavy (non-hydrogen) atoms. The fraction of sp³-hybridized carbons (Fsp3) is 0.444. The maximum atomic E-state index is 4.74. The summed E-state index contributed by atoms with van der Waals surface area (Å²) in [5.74, 6) is 1.89. The number of hydrogen-bond donors (Lipinski definition) is 0. The van der Waals surface area contributed by atoms with Crippen molar-refractivity contribution in [3.8, 4) is 0 Å². The van der Waals surface area contributed by atoms with Crippen molar-refractivity contribution >= 4 is 41.1 Å². The smallest absolute Gasteiger partial charge is 0 e. The Balaban J connectivity index is -0.000000229. The molecule has 0 atom stereocenters. The van der Waals surface area contributed by atoms with Gasteiger partial charge >= 0.3 is 0 Å². The summed E-state index contributed by atoms with van der Waals surface area (Å²) in [6.07, 6.45) is 2.51. The maximum absolute atomic E-state index is 4.74. The summed E-state index contributed by atoms with van der Waals surface area (Å²) in [5, 5.41) is 0. The minimum Gasteiger partial charge on any atom is -0.792 e. The molecule has 0 unspecified atom stereocenters. The molecule has 0 heterocycles. The van der Waals surface area contributed by atoms with Gasteiger partial charge in [0.05, 0.1) is 0 Å². The largest absolute Gasteiger partial charge is 0.792 e. The van der Waals surface area contributed by atoms with Crippen molar-refractivity contribution in [1.29, 1.82) is 0 Å². The molecule has 136 valence electrons. The van der Waals surface area contributed by atoms with Crippen molar-refractivity contribution in [2.75, 3.05) is 50.5 Å². The molecule has 0 saturated carbocycles. The molecule has 0 amide bonds. The van der Waals surface area contributed by atoms with Crippen molar-refractivity contribution < 1.29 is 21.7 Å². The van der Waals surface area contributed by atoms with Crippen LogP contribution in [0.25, 0.3) is 0 Å². The van der Waals surface area contributed by atoms with E-state index in [2.05, 4.69) is 26.7 Å². The van der Waals surface area contributed by atoms with E-state index in [1.54, 1.807) is 0 Å². The van der Waals surface area contributed by atoms with E-state index in [-0.39, 0.29) is 21.7 Å². The molecule has 2 aromatic carbocycles. The molecule has 0 aromatic heterocycles. The van der Waals surface area contributed by atoms with Gasteiger partial charge in [-0.25, -0.2) is 12.1 Å². The SMILES string of the molecule is CP(C)CC[S-].CP(C)CC[S-].[Ti].[cH-]1[cH-][cH-][cH-][cH-]1.c1cc[cH-]c1. The van der Waals surface area contributed by atoms with Crippen LogP contribution in [0, 0.1) is 0 Å². The van der Waals surface area contributed by atoms with Crippen LogP contribution in [-0.2, 0) is 47.0 Å². The van der Waals surface area contributed by atoms with E-state index in [0.717, 1.165) is 11.5 Å². The first-order valence-electron chi connectivity index (χ1n) is 7.33. The Labute approximate surface area is 173 Å². The molecule has 2 aromatic rings. The maximum Gasteiger partial charge on any atom is 0 e. The van der Waals surface area contributed by atoms with Gasteiger partial charge in [-0.05, 0) is 26.7 Å². The third-order valence-corrected chi connectivity index (χ3v) is 5.44. The fourth-order valence-electron chi connectivity index (χ4n) is 1.01.